The second kappa shape index (κ2) is 8.11. The van der Waals surface area contributed by atoms with E-state index in [1.54, 1.807) is 0 Å². The van der Waals surface area contributed by atoms with Gasteiger partial charge in [0.2, 0.25) is 5.91 Å². The predicted octanol–water partition coefficient (Wildman–Crippen LogP) is 2.81. The van der Waals surface area contributed by atoms with Gasteiger partial charge in [-0.2, -0.15) is 0 Å². The normalized spacial score (nSPS) is 23.4. The van der Waals surface area contributed by atoms with Crippen LogP contribution in [0.5, 0.6) is 0 Å². The Morgan fingerprint density at radius 2 is 1.70 bits per heavy atom. The molecule has 5 nitrogen and oxygen atoms in total. The number of likely N-dealkylation sites (tertiary alicyclic amines) is 1. The van der Waals surface area contributed by atoms with Crippen molar-refractivity contribution in [2.24, 2.45) is 5.92 Å². The number of carbonyl (C=O) groups excluding carboxylic acids is 1. The van der Waals surface area contributed by atoms with E-state index in [1.807, 2.05) is 30.3 Å². The van der Waals surface area contributed by atoms with Crippen molar-refractivity contribution in [3.05, 3.63) is 60.2 Å². The van der Waals surface area contributed by atoms with E-state index in [9.17, 15) is 4.79 Å². The van der Waals surface area contributed by atoms with E-state index in [0.717, 1.165) is 45.1 Å². The molecule has 0 radical (unpaired) electrons. The van der Waals surface area contributed by atoms with Crippen LogP contribution in [0.15, 0.2) is 54.6 Å². The fourth-order valence-corrected chi connectivity index (χ4v) is 4.12. The molecule has 0 bridgehead atoms. The summed E-state index contributed by atoms with van der Waals surface area (Å²) in [7, 11) is 2.08. The number of nitrogens with one attached hydrogen (secondary N) is 1. The lowest BCUT2D eigenvalue weighted by molar-refractivity contribution is -0.119. The summed E-state index contributed by atoms with van der Waals surface area (Å²) in [6.07, 6.45) is 0. The maximum Gasteiger partial charge on any atom is 0.229 e. The Morgan fingerprint density at radius 3 is 2.41 bits per heavy atom. The minimum atomic E-state index is -0.0312. The van der Waals surface area contributed by atoms with Crippen molar-refractivity contribution in [3.63, 3.8) is 0 Å². The lowest BCUT2D eigenvalue weighted by Crippen LogP contribution is -2.36. The van der Waals surface area contributed by atoms with E-state index in [2.05, 4.69) is 46.4 Å². The Bertz CT molecular complexity index is 757. The molecule has 27 heavy (non-hydrogen) atoms. The van der Waals surface area contributed by atoms with E-state index in [-0.39, 0.29) is 17.7 Å². The quantitative estimate of drug-likeness (QED) is 0.905. The molecule has 2 aromatic rings. The van der Waals surface area contributed by atoms with Crippen molar-refractivity contribution >= 4 is 17.3 Å². The summed E-state index contributed by atoms with van der Waals surface area (Å²) < 4.78 is 5.41. The van der Waals surface area contributed by atoms with Crippen LogP contribution in [0, 0.1) is 5.92 Å². The molecule has 2 heterocycles. The third-order valence-corrected chi connectivity index (χ3v) is 5.58. The summed E-state index contributed by atoms with van der Waals surface area (Å²) in [4.78, 5) is 17.5. The number of hydrogen-bond donors (Lipinski definition) is 1. The molecule has 142 valence electrons. The zero-order valence-corrected chi connectivity index (χ0v) is 15.8. The van der Waals surface area contributed by atoms with Crippen LogP contribution in [-0.4, -0.2) is 57.2 Å². The first-order valence-electron chi connectivity index (χ1n) is 9.68. The first-order chi connectivity index (χ1) is 13.2. The number of rotatable bonds is 4. The van der Waals surface area contributed by atoms with Crippen LogP contribution >= 0.6 is 0 Å². The van der Waals surface area contributed by atoms with Gasteiger partial charge in [-0.25, -0.2) is 0 Å². The molecular weight excluding hydrogens is 338 g/mol. The summed E-state index contributed by atoms with van der Waals surface area (Å²) >= 11 is 0. The van der Waals surface area contributed by atoms with Gasteiger partial charge in [0.25, 0.3) is 0 Å². The van der Waals surface area contributed by atoms with Crippen molar-refractivity contribution in [2.75, 3.05) is 56.7 Å². The Morgan fingerprint density at radius 1 is 1.00 bits per heavy atom. The van der Waals surface area contributed by atoms with Crippen molar-refractivity contribution < 1.29 is 9.53 Å². The van der Waals surface area contributed by atoms with Crippen molar-refractivity contribution in [3.8, 4) is 0 Å². The predicted molar refractivity (Wildman–Crippen MR) is 108 cm³/mol. The molecule has 4 rings (SSSR count). The molecule has 2 fully saturated rings. The molecule has 2 aliphatic rings. The SMILES string of the molecule is CN1C[C@H](C(=O)Nc2ccc(N3CCOCC3)cc2)[C@H](c2ccccc2)C1. The highest BCUT2D eigenvalue weighted by atomic mass is 16.5. The van der Waals surface area contributed by atoms with Gasteiger partial charge < -0.3 is 19.9 Å². The number of carbonyl (C=O) groups is 1. The topological polar surface area (TPSA) is 44.8 Å². The molecule has 0 saturated carbocycles. The summed E-state index contributed by atoms with van der Waals surface area (Å²) in [6, 6.07) is 18.5. The van der Waals surface area contributed by atoms with E-state index < -0.39 is 0 Å². The summed E-state index contributed by atoms with van der Waals surface area (Å²) in [6.45, 7) is 5.08. The molecular formula is C22H27N3O2. The molecule has 2 aromatic carbocycles. The standard InChI is InChI=1S/C22H27N3O2/c1-24-15-20(17-5-3-2-4-6-17)21(16-24)22(26)23-18-7-9-19(10-8-18)25-11-13-27-14-12-25/h2-10,20-21H,11-16H2,1H3,(H,23,26)/t20-,21-/m0/s1. The maximum absolute atomic E-state index is 13.0. The highest BCUT2D eigenvalue weighted by Crippen LogP contribution is 2.33. The largest absolute Gasteiger partial charge is 0.378 e. The lowest BCUT2D eigenvalue weighted by atomic mass is 9.88. The van der Waals surface area contributed by atoms with Crippen LogP contribution in [0.2, 0.25) is 0 Å². The average Bonchev–Trinajstić information content (AvgIpc) is 3.12. The number of morpholine rings is 1. The molecule has 0 aromatic heterocycles. The second-order valence-electron chi connectivity index (χ2n) is 7.48. The van der Waals surface area contributed by atoms with Crippen LogP contribution < -0.4 is 10.2 Å². The smallest absolute Gasteiger partial charge is 0.229 e. The van der Waals surface area contributed by atoms with Gasteiger partial charge in [-0.15, -0.1) is 0 Å². The Hall–Kier alpha value is -2.37. The zero-order chi connectivity index (χ0) is 18.6. The highest BCUT2D eigenvalue weighted by molar-refractivity contribution is 5.93. The Kier molecular flexibility index (Phi) is 5.41. The van der Waals surface area contributed by atoms with E-state index in [4.69, 9.17) is 4.74 Å². The van der Waals surface area contributed by atoms with Gasteiger partial charge in [-0.05, 0) is 36.9 Å². The first-order valence-corrected chi connectivity index (χ1v) is 9.68. The fraction of sp³-hybridized carbons (Fsp3) is 0.409. The van der Waals surface area contributed by atoms with Crippen molar-refractivity contribution in [1.29, 1.82) is 0 Å². The number of nitrogens with zero attached hydrogens (tertiary/aromatic N) is 2. The van der Waals surface area contributed by atoms with Crippen molar-refractivity contribution in [1.82, 2.24) is 4.90 Å². The molecule has 0 aliphatic carbocycles. The molecule has 5 heteroatoms. The molecule has 2 saturated heterocycles. The lowest BCUT2D eigenvalue weighted by Gasteiger charge is -2.29. The van der Waals surface area contributed by atoms with Gasteiger partial charge in [0.15, 0.2) is 0 Å². The molecule has 0 unspecified atom stereocenters. The van der Waals surface area contributed by atoms with Crippen LogP contribution in [-0.2, 0) is 9.53 Å². The number of amides is 1. The molecule has 2 aliphatic heterocycles. The van der Waals surface area contributed by atoms with Crippen molar-refractivity contribution in [2.45, 2.75) is 5.92 Å². The number of likely N-dealkylation sites (N-methyl/N-ethyl adjacent to an activating group) is 1. The Balaban J connectivity index is 1.43. The molecule has 2 atom stereocenters. The van der Waals surface area contributed by atoms with Gasteiger partial charge in [0.1, 0.15) is 0 Å². The van der Waals surface area contributed by atoms with E-state index in [1.165, 1.54) is 11.3 Å². The van der Waals surface area contributed by atoms with Crippen LogP contribution in [0.25, 0.3) is 0 Å². The van der Waals surface area contributed by atoms with Crippen LogP contribution in [0.3, 0.4) is 0 Å². The third-order valence-electron chi connectivity index (χ3n) is 5.58. The Labute approximate surface area is 160 Å². The van der Waals surface area contributed by atoms with Crippen LogP contribution in [0.4, 0.5) is 11.4 Å². The second-order valence-corrected chi connectivity index (χ2v) is 7.48. The average molecular weight is 365 g/mol. The maximum atomic E-state index is 13.0. The zero-order valence-electron chi connectivity index (χ0n) is 15.8. The number of anilines is 2. The number of ether oxygens (including phenoxy) is 1. The minimum absolute atomic E-state index is 0.0312. The number of hydrogen-bond acceptors (Lipinski definition) is 4. The van der Waals surface area contributed by atoms with Gasteiger partial charge in [-0.1, -0.05) is 30.3 Å². The van der Waals surface area contributed by atoms with Gasteiger partial charge in [0, 0.05) is 43.5 Å². The summed E-state index contributed by atoms with van der Waals surface area (Å²) in [5, 5.41) is 3.13. The number of benzene rings is 2. The molecule has 1 amide bonds. The van der Waals surface area contributed by atoms with E-state index >= 15 is 0 Å². The summed E-state index contributed by atoms with van der Waals surface area (Å²) in [5.41, 5.74) is 3.28. The third kappa shape index (κ3) is 4.15. The summed E-state index contributed by atoms with van der Waals surface area (Å²) in [5.74, 6) is 0.312. The highest BCUT2D eigenvalue weighted by Gasteiger charge is 2.36. The van der Waals surface area contributed by atoms with Gasteiger partial charge in [-0.3, -0.25) is 4.79 Å². The van der Waals surface area contributed by atoms with Gasteiger partial charge in [0.05, 0.1) is 19.1 Å². The van der Waals surface area contributed by atoms with E-state index in [0.29, 0.717) is 0 Å². The minimum Gasteiger partial charge on any atom is -0.378 e. The van der Waals surface area contributed by atoms with Crippen LogP contribution in [0.1, 0.15) is 11.5 Å². The monoisotopic (exact) mass is 365 g/mol. The molecule has 1 N–H and O–H groups in total. The molecule has 0 spiro atoms. The fourth-order valence-electron chi connectivity index (χ4n) is 4.12. The first kappa shape index (κ1) is 18.0. The van der Waals surface area contributed by atoms with Gasteiger partial charge >= 0.3 is 0 Å².